The van der Waals surface area contributed by atoms with E-state index in [1.807, 2.05) is 24.3 Å². The van der Waals surface area contributed by atoms with E-state index in [0.29, 0.717) is 50.2 Å². The van der Waals surface area contributed by atoms with Gasteiger partial charge in [-0.05, 0) is 102 Å². The van der Waals surface area contributed by atoms with Crippen LogP contribution in [0.25, 0.3) is 0 Å². The highest BCUT2D eigenvalue weighted by Crippen LogP contribution is 2.49. The topological polar surface area (TPSA) is 83.0 Å². The van der Waals surface area contributed by atoms with Crippen LogP contribution in [-0.2, 0) is 33.5 Å². The maximum atomic E-state index is 14.0. The lowest BCUT2D eigenvalue weighted by molar-refractivity contribution is -0.177. The summed E-state index contributed by atoms with van der Waals surface area (Å²) in [5.41, 5.74) is 0.332. The number of alkyl halides is 3. The molecule has 6 rings (SSSR count). The summed E-state index contributed by atoms with van der Waals surface area (Å²) in [4.78, 5) is 34.1. The maximum Gasteiger partial charge on any atom is 0.417 e. The number of ether oxygens (including phenoxy) is 1. The van der Waals surface area contributed by atoms with Crippen LogP contribution in [0.15, 0.2) is 36.5 Å². The zero-order valence-corrected chi connectivity index (χ0v) is 24.7. The summed E-state index contributed by atoms with van der Waals surface area (Å²) in [6, 6.07) is 9.21. The molecule has 41 heavy (non-hydrogen) atoms. The molecule has 11 heteroatoms. The van der Waals surface area contributed by atoms with Crippen LogP contribution in [-0.4, -0.2) is 69.7 Å². The summed E-state index contributed by atoms with van der Waals surface area (Å²) in [6.45, 7) is 2.03. The van der Waals surface area contributed by atoms with Gasteiger partial charge in [0.05, 0.1) is 18.1 Å². The highest BCUT2D eigenvalue weighted by molar-refractivity contribution is 14.1. The normalized spacial score (nSPS) is 29.2. The van der Waals surface area contributed by atoms with Crippen molar-refractivity contribution in [1.82, 2.24) is 14.8 Å². The third-order valence-corrected chi connectivity index (χ3v) is 10.1. The summed E-state index contributed by atoms with van der Waals surface area (Å²) >= 11 is 2.24. The molecule has 2 saturated heterocycles. The van der Waals surface area contributed by atoms with E-state index < -0.39 is 29.2 Å². The summed E-state index contributed by atoms with van der Waals surface area (Å²) in [6.07, 6.45) is 0.555. The van der Waals surface area contributed by atoms with Gasteiger partial charge in [0.2, 0.25) is 0 Å². The van der Waals surface area contributed by atoms with Crippen LogP contribution in [0.1, 0.15) is 60.4 Å². The first kappa shape index (κ1) is 28.9. The Bertz CT molecular complexity index is 1310. The van der Waals surface area contributed by atoms with Crippen molar-refractivity contribution in [1.29, 1.82) is 0 Å². The molecule has 4 heterocycles. The molecule has 3 aliphatic heterocycles. The molecule has 7 nitrogen and oxygen atoms in total. The van der Waals surface area contributed by atoms with E-state index in [4.69, 9.17) is 4.74 Å². The number of hydrogen-bond donors (Lipinski definition) is 1. The Morgan fingerprint density at radius 2 is 1.85 bits per heavy atom. The summed E-state index contributed by atoms with van der Waals surface area (Å²) in [5, 5.41) is 10.1. The SMILES string of the molecule is O=C(O)[C@@H]1CN(C2CC[C@@](C(=O)N3CCc4ncc(C(F)(F)F)cc4C3)(C3CC3)OC2)CC[C@H]1c1ccc(I)cc1. The standard InChI is InChI=1S/C30H33F3IN3O4/c31-30(32,33)21-13-19-15-37(12-9-26(19)35-14-21)28(40)29(20-3-4-20)10-7-23(17-41-29)36-11-8-24(25(16-36)27(38)39)18-1-5-22(34)6-2-18/h1-2,5-6,13-14,20,23-25H,3-4,7-12,15-17H2,(H,38,39)/t23?,24-,25+,29-/m0/s1. The van der Waals surface area contributed by atoms with Crippen molar-refractivity contribution in [3.63, 3.8) is 0 Å². The molecule has 1 amide bonds. The van der Waals surface area contributed by atoms with Crippen molar-refractivity contribution in [3.05, 3.63) is 62.5 Å². The minimum atomic E-state index is -4.49. The number of nitrogens with zero attached hydrogens (tertiary/aromatic N) is 3. The number of carbonyl (C=O) groups excluding carboxylic acids is 1. The molecule has 2 aromatic rings. The van der Waals surface area contributed by atoms with E-state index in [2.05, 4.69) is 32.5 Å². The van der Waals surface area contributed by atoms with Crippen molar-refractivity contribution in [3.8, 4) is 0 Å². The third kappa shape index (κ3) is 5.73. The molecule has 1 saturated carbocycles. The number of hydrogen-bond acceptors (Lipinski definition) is 5. The Hall–Kier alpha value is -2.25. The van der Waals surface area contributed by atoms with Crippen molar-refractivity contribution in [2.75, 3.05) is 26.2 Å². The van der Waals surface area contributed by atoms with Gasteiger partial charge in [0, 0.05) is 47.6 Å². The molecule has 0 radical (unpaired) electrons. The lowest BCUT2D eigenvalue weighted by Crippen LogP contribution is -2.59. The van der Waals surface area contributed by atoms with Gasteiger partial charge in [-0.2, -0.15) is 13.2 Å². The molecule has 1 aromatic heterocycles. The van der Waals surface area contributed by atoms with Crippen molar-refractivity contribution < 1.29 is 32.6 Å². The fourth-order valence-electron chi connectivity index (χ4n) is 6.97. The van der Waals surface area contributed by atoms with Crippen LogP contribution < -0.4 is 0 Å². The van der Waals surface area contributed by atoms with Gasteiger partial charge in [-0.25, -0.2) is 0 Å². The molecule has 1 N–H and O–H groups in total. The molecule has 1 aliphatic carbocycles. The second-order valence-electron chi connectivity index (χ2n) is 11.9. The number of aromatic nitrogens is 1. The number of benzene rings is 1. The van der Waals surface area contributed by atoms with Gasteiger partial charge >= 0.3 is 12.1 Å². The molecule has 4 aliphatic rings. The molecular formula is C30H33F3IN3O4. The smallest absolute Gasteiger partial charge is 0.417 e. The van der Waals surface area contributed by atoms with Crippen LogP contribution in [0.5, 0.6) is 0 Å². The number of pyridine rings is 1. The van der Waals surface area contributed by atoms with E-state index >= 15 is 0 Å². The number of amides is 1. The highest BCUT2D eigenvalue weighted by Gasteiger charge is 2.56. The van der Waals surface area contributed by atoms with Gasteiger partial charge in [-0.15, -0.1) is 0 Å². The number of carboxylic acids is 1. The minimum absolute atomic E-state index is 0.0230. The Morgan fingerprint density at radius 3 is 2.49 bits per heavy atom. The summed E-state index contributed by atoms with van der Waals surface area (Å²) in [5.74, 6) is -1.40. The Labute approximate surface area is 250 Å². The molecule has 3 fully saturated rings. The number of likely N-dealkylation sites (tertiary alicyclic amines) is 1. The van der Waals surface area contributed by atoms with Gasteiger partial charge < -0.3 is 14.7 Å². The average molecular weight is 684 g/mol. The van der Waals surface area contributed by atoms with Crippen molar-refractivity contribution in [2.45, 2.75) is 68.8 Å². The van der Waals surface area contributed by atoms with Gasteiger partial charge in [0.25, 0.3) is 5.91 Å². The fourth-order valence-corrected chi connectivity index (χ4v) is 7.33. The van der Waals surface area contributed by atoms with Crippen molar-refractivity contribution in [2.24, 2.45) is 11.8 Å². The number of piperidine rings is 1. The van der Waals surface area contributed by atoms with Crippen LogP contribution in [0, 0.1) is 15.4 Å². The Morgan fingerprint density at radius 1 is 1.10 bits per heavy atom. The first-order valence-electron chi connectivity index (χ1n) is 14.3. The molecule has 0 bridgehead atoms. The number of carboxylic acid groups (broad SMARTS) is 1. The van der Waals surface area contributed by atoms with Crippen LogP contribution >= 0.6 is 22.6 Å². The molecule has 0 spiro atoms. The lowest BCUT2D eigenvalue weighted by atomic mass is 9.79. The van der Waals surface area contributed by atoms with E-state index in [-0.39, 0.29) is 30.3 Å². The van der Waals surface area contributed by atoms with Crippen LogP contribution in [0.3, 0.4) is 0 Å². The second-order valence-corrected chi connectivity index (χ2v) is 13.1. The predicted molar refractivity (Wildman–Crippen MR) is 152 cm³/mol. The lowest BCUT2D eigenvalue weighted by Gasteiger charge is -2.47. The third-order valence-electron chi connectivity index (χ3n) is 9.41. The molecule has 1 aromatic carbocycles. The number of fused-ring (bicyclic) bond motifs is 1. The van der Waals surface area contributed by atoms with E-state index in [9.17, 15) is 27.9 Å². The Balaban J connectivity index is 1.13. The first-order chi connectivity index (χ1) is 19.5. The Kier molecular flexibility index (Phi) is 7.82. The zero-order chi connectivity index (χ0) is 28.9. The summed E-state index contributed by atoms with van der Waals surface area (Å²) < 4.78 is 47.4. The molecular weight excluding hydrogens is 650 g/mol. The molecule has 1 unspecified atom stereocenters. The number of halogens is 4. The second kappa shape index (κ2) is 11.1. The summed E-state index contributed by atoms with van der Waals surface area (Å²) in [7, 11) is 0. The fraction of sp³-hybridized carbons (Fsp3) is 0.567. The molecule has 220 valence electrons. The van der Waals surface area contributed by atoms with Gasteiger partial charge in [0.1, 0.15) is 5.60 Å². The number of aliphatic carboxylic acids is 1. The predicted octanol–water partition coefficient (Wildman–Crippen LogP) is 5.11. The first-order valence-corrected chi connectivity index (χ1v) is 15.3. The minimum Gasteiger partial charge on any atom is -0.481 e. The zero-order valence-electron chi connectivity index (χ0n) is 22.6. The monoisotopic (exact) mass is 683 g/mol. The van der Waals surface area contributed by atoms with Gasteiger partial charge in [-0.3, -0.25) is 19.5 Å². The van der Waals surface area contributed by atoms with E-state index in [1.165, 1.54) is 0 Å². The average Bonchev–Trinajstić information content (AvgIpc) is 3.82. The molecule has 4 atom stereocenters. The quantitative estimate of drug-likeness (QED) is 0.442. The van der Waals surface area contributed by atoms with E-state index in [1.54, 1.807) is 4.90 Å². The number of carbonyl (C=O) groups is 2. The van der Waals surface area contributed by atoms with Crippen LogP contribution in [0.2, 0.25) is 0 Å². The highest BCUT2D eigenvalue weighted by atomic mass is 127. The largest absolute Gasteiger partial charge is 0.481 e. The maximum absolute atomic E-state index is 14.0. The van der Waals surface area contributed by atoms with Gasteiger partial charge in [-0.1, -0.05) is 12.1 Å². The van der Waals surface area contributed by atoms with E-state index in [0.717, 1.165) is 47.2 Å². The van der Waals surface area contributed by atoms with Gasteiger partial charge in [0.15, 0.2) is 0 Å². The van der Waals surface area contributed by atoms with Crippen molar-refractivity contribution >= 4 is 34.5 Å². The number of rotatable bonds is 5. The van der Waals surface area contributed by atoms with Crippen LogP contribution in [0.4, 0.5) is 13.2 Å².